The van der Waals surface area contributed by atoms with E-state index in [1.165, 1.54) is 5.56 Å². The Kier molecular flexibility index (Phi) is 3.45. The second-order valence-corrected chi connectivity index (χ2v) is 6.26. The van der Waals surface area contributed by atoms with Crippen LogP contribution in [-0.4, -0.2) is 25.7 Å². The maximum absolute atomic E-state index is 12.7. The van der Waals surface area contributed by atoms with E-state index in [4.69, 9.17) is 0 Å². The van der Waals surface area contributed by atoms with Crippen LogP contribution < -0.4 is 5.32 Å². The van der Waals surface area contributed by atoms with Crippen LogP contribution >= 0.6 is 0 Å². The smallest absolute Gasteiger partial charge is 0.259 e. The van der Waals surface area contributed by atoms with Crippen molar-refractivity contribution in [2.45, 2.75) is 26.2 Å². The molecule has 3 heterocycles. The molecule has 0 atom stereocenters. The Labute approximate surface area is 139 Å². The molecule has 0 saturated heterocycles. The SMILES string of the molecule is Cc1cnc2c(c1)CCCc1[nH]cc(C(=O)Nc3ccn(C)n3)c1-2. The zero-order chi connectivity index (χ0) is 16.7. The topological polar surface area (TPSA) is 75.6 Å². The summed E-state index contributed by atoms with van der Waals surface area (Å²) in [6.07, 6.45) is 8.39. The third-order valence-electron chi connectivity index (χ3n) is 4.37. The highest BCUT2D eigenvalue weighted by Crippen LogP contribution is 2.34. The van der Waals surface area contributed by atoms with E-state index in [2.05, 4.69) is 26.4 Å². The Morgan fingerprint density at radius 3 is 3.04 bits per heavy atom. The first kappa shape index (κ1) is 14.7. The number of carbonyl (C=O) groups is 1. The highest BCUT2D eigenvalue weighted by molar-refractivity contribution is 6.08. The van der Waals surface area contributed by atoms with Gasteiger partial charge in [0, 0.05) is 43.0 Å². The maximum Gasteiger partial charge on any atom is 0.259 e. The maximum atomic E-state index is 12.7. The quantitative estimate of drug-likeness (QED) is 0.762. The van der Waals surface area contributed by atoms with E-state index in [-0.39, 0.29) is 5.91 Å². The monoisotopic (exact) mass is 321 g/mol. The molecule has 0 aromatic carbocycles. The molecule has 2 N–H and O–H groups in total. The number of anilines is 1. The van der Waals surface area contributed by atoms with Gasteiger partial charge in [-0.2, -0.15) is 5.10 Å². The zero-order valence-electron chi connectivity index (χ0n) is 13.8. The first-order valence-electron chi connectivity index (χ1n) is 8.09. The van der Waals surface area contributed by atoms with E-state index in [0.717, 1.165) is 41.8 Å². The third kappa shape index (κ3) is 2.50. The van der Waals surface area contributed by atoms with Gasteiger partial charge in [-0.3, -0.25) is 14.5 Å². The molecule has 0 fully saturated rings. The van der Waals surface area contributed by atoms with Crippen LogP contribution in [0.1, 0.15) is 33.6 Å². The molecule has 0 saturated carbocycles. The molecule has 1 aliphatic rings. The standard InChI is InChI=1S/C18H19N5O/c1-11-8-12-4-3-5-14-16(17(12)20-9-11)13(10-19-14)18(24)21-15-6-7-23(2)22-15/h6-10,19H,3-5H2,1-2H3,(H,21,22,24). The van der Waals surface area contributed by atoms with Crippen molar-refractivity contribution in [3.63, 3.8) is 0 Å². The summed E-state index contributed by atoms with van der Waals surface area (Å²) in [5.74, 6) is 0.379. The molecule has 6 heteroatoms. The number of aromatic nitrogens is 4. The van der Waals surface area contributed by atoms with Crippen molar-refractivity contribution in [1.82, 2.24) is 19.7 Å². The molecule has 0 radical (unpaired) electrons. The third-order valence-corrected chi connectivity index (χ3v) is 4.37. The summed E-state index contributed by atoms with van der Waals surface area (Å²) in [4.78, 5) is 20.6. The second-order valence-electron chi connectivity index (χ2n) is 6.26. The number of fused-ring (bicyclic) bond motifs is 3. The molecule has 0 unspecified atom stereocenters. The van der Waals surface area contributed by atoms with Gasteiger partial charge in [0.2, 0.25) is 0 Å². The molecule has 0 bridgehead atoms. The normalized spacial score (nSPS) is 13.1. The van der Waals surface area contributed by atoms with Crippen LogP contribution in [-0.2, 0) is 19.9 Å². The number of hydrogen-bond acceptors (Lipinski definition) is 3. The lowest BCUT2D eigenvalue weighted by Gasteiger charge is -2.09. The average Bonchev–Trinajstić information content (AvgIpc) is 3.10. The van der Waals surface area contributed by atoms with Gasteiger partial charge < -0.3 is 10.3 Å². The number of hydrogen-bond donors (Lipinski definition) is 2. The van der Waals surface area contributed by atoms with E-state index in [0.29, 0.717) is 11.4 Å². The molecular weight excluding hydrogens is 302 g/mol. The van der Waals surface area contributed by atoms with Gasteiger partial charge in [0.05, 0.1) is 11.3 Å². The van der Waals surface area contributed by atoms with Crippen molar-refractivity contribution in [3.8, 4) is 11.3 Å². The lowest BCUT2D eigenvalue weighted by Crippen LogP contribution is -2.13. The highest BCUT2D eigenvalue weighted by Gasteiger charge is 2.24. The van der Waals surface area contributed by atoms with Crippen molar-refractivity contribution < 1.29 is 4.79 Å². The van der Waals surface area contributed by atoms with Gasteiger partial charge in [0.15, 0.2) is 5.82 Å². The molecule has 24 heavy (non-hydrogen) atoms. The summed E-state index contributed by atoms with van der Waals surface area (Å²) >= 11 is 0. The van der Waals surface area contributed by atoms with Gasteiger partial charge in [0.1, 0.15) is 0 Å². The minimum atomic E-state index is -0.165. The van der Waals surface area contributed by atoms with Gasteiger partial charge in [-0.05, 0) is 37.3 Å². The predicted molar refractivity (Wildman–Crippen MR) is 91.9 cm³/mol. The van der Waals surface area contributed by atoms with E-state index < -0.39 is 0 Å². The molecule has 6 nitrogen and oxygen atoms in total. The van der Waals surface area contributed by atoms with Gasteiger partial charge >= 0.3 is 0 Å². The minimum Gasteiger partial charge on any atom is -0.364 e. The van der Waals surface area contributed by atoms with Gasteiger partial charge in [-0.25, -0.2) is 0 Å². The number of aryl methyl sites for hydroxylation is 4. The fraction of sp³-hybridized carbons (Fsp3) is 0.278. The van der Waals surface area contributed by atoms with E-state index in [1.807, 2.05) is 20.2 Å². The number of amides is 1. The fourth-order valence-corrected chi connectivity index (χ4v) is 3.28. The number of nitrogens with zero attached hydrogens (tertiary/aromatic N) is 3. The van der Waals surface area contributed by atoms with E-state index in [9.17, 15) is 4.79 Å². The number of carbonyl (C=O) groups excluding carboxylic acids is 1. The Hall–Kier alpha value is -2.89. The van der Waals surface area contributed by atoms with Gasteiger partial charge in [0.25, 0.3) is 5.91 Å². The summed E-state index contributed by atoms with van der Waals surface area (Å²) < 4.78 is 1.66. The van der Waals surface area contributed by atoms with Crippen LogP contribution in [0.4, 0.5) is 5.82 Å². The molecule has 0 aliphatic heterocycles. The molecule has 122 valence electrons. The summed E-state index contributed by atoms with van der Waals surface area (Å²) in [6, 6.07) is 3.95. The van der Waals surface area contributed by atoms with Crippen LogP contribution in [0.3, 0.4) is 0 Å². The molecule has 3 aromatic rings. The average molecular weight is 321 g/mol. The number of aromatic amines is 1. The summed E-state index contributed by atoms with van der Waals surface area (Å²) in [5, 5.41) is 7.07. The van der Waals surface area contributed by atoms with Crippen LogP contribution in [0.2, 0.25) is 0 Å². The Morgan fingerprint density at radius 2 is 2.25 bits per heavy atom. The first-order valence-corrected chi connectivity index (χ1v) is 8.09. The number of pyridine rings is 1. The van der Waals surface area contributed by atoms with Crippen LogP contribution in [0, 0.1) is 6.92 Å². The van der Waals surface area contributed by atoms with Gasteiger partial charge in [-0.1, -0.05) is 6.07 Å². The van der Waals surface area contributed by atoms with Crippen molar-refractivity contribution in [2.24, 2.45) is 7.05 Å². The Balaban J connectivity index is 1.76. The van der Waals surface area contributed by atoms with Crippen LogP contribution in [0.15, 0.2) is 30.7 Å². The highest BCUT2D eigenvalue weighted by atomic mass is 16.1. The molecular formula is C18H19N5O. The molecule has 1 amide bonds. The summed E-state index contributed by atoms with van der Waals surface area (Å²) in [6.45, 7) is 2.05. The zero-order valence-corrected chi connectivity index (χ0v) is 13.8. The molecule has 1 aliphatic carbocycles. The Bertz CT molecular complexity index is 921. The molecule has 3 aromatic heterocycles. The van der Waals surface area contributed by atoms with E-state index >= 15 is 0 Å². The Morgan fingerprint density at radius 1 is 1.38 bits per heavy atom. The summed E-state index contributed by atoms with van der Waals surface area (Å²) in [5.41, 5.74) is 5.90. The van der Waals surface area contributed by atoms with Crippen LogP contribution in [0.25, 0.3) is 11.3 Å². The van der Waals surface area contributed by atoms with Crippen molar-refractivity contribution in [2.75, 3.05) is 5.32 Å². The van der Waals surface area contributed by atoms with Crippen molar-refractivity contribution >= 4 is 11.7 Å². The minimum absolute atomic E-state index is 0.165. The summed E-state index contributed by atoms with van der Waals surface area (Å²) in [7, 11) is 1.82. The largest absolute Gasteiger partial charge is 0.364 e. The number of H-pyrrole nitrogens is 1. The van der Waals surface area contributed by atoms with E-state index in [1.54, 1.807) is 23.1 Å². The molecule has 4 rings (SSSR count). The fourth-order valence-electron chi connectivity index (χ4n) is 3.28. The number of nitrogens with one attached hydrogen (secondary N) is 2. The lowest BCUT2D eigenvalue weighted by molar-refractivity contribution is 0.102. The number of rotatable bonds is 2. The van der Waals surface area contributed by atoms with Crippen molar-refractivity contribution in [3.05, 3.63) is 53.1 Å². The lowest BCUT2D eigenvalue weighted by atomic mass is 10.0. The first-order chi connectivity index (χ1) is 11.6. The van der Waals surface area contributed by atoms with Crippen molar-refractivity contribution in [1.29, 1.82) is 0 Å². The van der Waals surface area contributed by atoms with Crippen LogP contribution in [0.5, 0.6) is 0 Å². The predicted octanol–water partition coefficient (Wildman–Crippen LogP) is 2.86. The molecule has 0 spiro atoms. The van der Waals surface area contributed by atoms with Gasteiger partial charge in [-0.15, -0.1) is 0 Å². The second kappa shape index (κ2) is 5.63.